The summed E-state index contributed by atoms with van der Waals surface area (Å²) < 4.78 is 0. The zero-order valence-electron chi connectivity index (χ0n) is 15.7. The number of benzene rings is 1. The molecule has 27 heavy (non-hydrogen) atoms. The van der Waals surface area contributed by atoms with E-state index in [0.29, 0.717) is 12.5 Å². The number of nitrogens with zero attached hydrogens (tertiary/aromatic N) is 3. The molecule has 1 aliphatic heterocycles. The van der Waals surface area contributed by atoms with Crippen molar-refractivity contribution in [2.75, 3.05) is 23.8 Å². The van der Waals surface area contributed by atoms with E-state index in [1.165, 1.54) is 11.1 Å². The van der Waals surface area contributed by atoms with Crippen LogP contribution in [0.1, 0.15) is 23.6 Å². The van der Waals surface area contributed by atoms with E-state index < -0.39 is 0 Å². The van der Waals surface area contributed by atoms with Gasteiger partial charge in [-0.15, -0.1) is 0 Å². The van der Waals surface area contributed by atoms with Crippen molar-refractivity contribution in [1.82, 2.24) is 15.0 Å². The van der Waals surface area contributed by atoms with Crippen LogP contribution in [-0.4, -0.2) is 33.2 Å². The van der Waals surface area contributed by atoms with Gasteiger partial charge < -0.3 is 15.7 Å². The molecular weight excluding hydrogens is 338 g/mol. The second kappa shape index (κ2) is 6.63. The molecule has 3 heterocycles. The lowest BCUT2D eigenvalue weighted by Gasteiger charge is -2.20. The molecule has 3 aromatic rings. The van der Waals surface area contributed by atoms with Crippen LogP contribution in [0.25, 0.3) is 11.3 Å². The number of anilines is 3. The summed E-state index contributed by atoms with van der Waals surface area (Å²) in [5, 5.41) is 16.4. The van der Waals surface area contributed by atoms with Crippen molar-refractivity contribution in [2.24, 2.45) is 0 Å². The average molecular weight is 361 g/mol. The molecule has 0 bridgehead atoms. The number of aliphatic hydroxyl groups is 1. The molecule has 1 atom stereocenters. The Labute approximate surface area is 158 Å². The molecule has 6 nitrogen and oxygen atoms in total. The largest absolute Gasteiger partial charge is 0.395 e. The minimum Gasteiger partial charge on any atom is -0.395 e. The van der Waals surface area contributed by atoms with Gasteiger partial charge in [0.15, 0.2) is 0 Å². The molecule has 0 aliphatic carbocycles. The van der Waals surface area contributed by atoms with Crippen LogP contribution in [0.4, 0.5) is 17.5 Å². The number of aryl methyl sites for hydroxylation is 1. The first-order valence-electron chi connectivity index (χ1n) is 9.02. The molecule has 4 rings (SSSR count). The first kappa shape index (κ1) is 17.4. The number of hydrogen-bond acceptors (Lipinski definition) is 6. The highest BCUT2D eigenvalue weighted by Crippen LogP contribution is 2.37. The van der Waals surface area contributed by atoms with Gasteiger partial charge in [-0.2, -0.15) is 0 Å². The molecule has 0 saturated heterocycles. The van der Waals surface area contributed by atoms with Gasteiger partial charge in [0.25, 0.3) is 0 Å². The van der Waals surface area contributed by atoms with Crippen LogP contribution in [0.15, 0.2) is 42.7 Å². The normalized spacial score (nSPS) is 18.1. The maximum atomic E-state index is 9.79. The minimum atomic E-state index is -0.328. The van der Waals surface area contributed by atoms with Gasteiger partial charge in [0, 0.05) is 41.2 Å². The molecule has 6 heteroatoms. The molecule has 2 aromatic heterocycles. The van der Waals surface area contributed by atoms with Crippen LogP contribution in [0.3, 0.4) is 0 Å². The third-order valence-corrected chi connectivity index (χ3v) is 5.34. The SMILES string of the molecule is Cc1cccc(Nc2nccc(-c3cnc4c(c3)C(C)(CO)CN4)n2)c1C. The van der Waals surface area contributed by atoms with Gasteiger partial charge in [-0.3, -0.25) is 0 Å². The van der Waals surface area contributed by atoms with Gasteiger partial charge in [-0.05, 0) is 43.2 Å². The van der Waals surface area contributed by atoms with Gasteiger partial charge >= 0.3 is 0 Å². The smallest absolute Gasteiger partial charge is 0.227 e. The molecule has 1 aliphatic rings. The van der Waals surface area contributed by atoms with Crippen molar-refractivity contribution in [3.05, 3.63) is 59.4 Å². The van der Waals surface area contributed by atoms with Crippen LogP contribution in [0, 0.1) is 13.8 Å². The molecule has 3 N–H and O–H groups in total. The third-order valence-electron chi connectivity index (χ3n) is 5.34. The number of rotatable bonds is 4. The maximum absolute atomic E-state index is 9.79. The second-order valence-electron chi connectivity index (χ2n) is 7.33. The first-order valence-corrected chi connectivity index (χ1v) is 9.02. The van der Waals surface area contributed by atoms with Crippen LogP contribution < -0.4 is 10.6 Å². The number of pyridine rings is 1. The van der Waals surface area contributed by atoms with E-state index in [1.54, 1.807) is 12.4 Å². The fourth-order valence-electron chi connectivity index (χ4n) is 3.31. The lowest BCUT2D eigenvalue weighted by atomic mass is 9.85. The lowest BCUT2D eigenvalue weighted by molar-refractivity contribution is 0.218. The summed E-state index contributed by atoms with van der Waals surface area (Å²) in [6.07, 6.45) is 3.55. The Morgan fingerprint density at radius 2 is 2.07 bits per heavy atom. The molecular formula is C21H23N5O. The number of hydrogen-bond donors (Lipinski definition) is 3. The van der Waals surface area contributed by atoms with Gasteiger partial charge in [-0.1, -0.05) is 19.1 Å². The van der Waals surface area contributed by atoms with E-state index in [4.69, 9.17) is 0 Å². The monoisotopic (exact) mass is 361 g/mol. The second-order valence-corrected chi connectivity index (χ2v) is 7.33. The molecule has 0 saturated carbocycles. The summed E-state index contributed by atoms with van der Waals surface area (Å²) in [5.74, 6) is 1.38. The minimum absolute atomic E-state index is 0.0708. The summed E-state index contributed by atoms with van der Waals surface area (Å²) in [6.45, 7) is 6.94. The Morgan fingerprint density at radius 1 is 1.22 bits per heavy atom. The molecule has 138 valence electrons. The molecule has 0 spiro atoms. The van der Waals surface area contributed by atoms with Crippen LogP contribution in [0.5, 0.6) is 0 Å². The van der Waals surface area contributed by atoms with E-state index in [1.807, 2.05) is 25.1 Å². The fraction of sp³-hybridized carbons (Fsp3) is 0.286. The van der Waals surface area contributed by atoms with Gasteiger partial charge in [0.1, 0.15) is 5.82 Å². The van der Waals surface area contributed by atoms with Crippen molar-refractivity contribution in [3.8, 4) is 11.3 Å². The predicted octanol–water partition coefficient (Wildman–Crippen LogP) is 3.57. The van der Waals surface area contributed by atoms with E-state index in [2.05, 4.69) is 51.6 Å². The van der Waals surface area contributed by atoms with E-state index in [0.717, 1.165) is 28.3 Å². The highest BCUT2D eigenvalue weighted by Gasteiger charge is 2.35. The van der Waals surface area contributed by atoms with Crippen molar-refractivity contribution < 1.29 is 5.11 Å². The van der Waals surface area contributed by atoms with Crippen molar-refractivity contribution in [3.63, 3.8) is 0 Å². The first-order chi connectivity index (χ1) is 13.0. The maximum Gasteiger partial charge on any atom is 0.227 e. The topological polar surface area (TPSA) is 83.0 Å². The lowest BCUT2D eigenvalue weighted by Crippen LogP contribution is -2.28. The van der Waals surface area contributed by atoms with E-state index in [9.17, 15) is 5.11 Å². The van der Waals surface area contributed by atoms with E-state index >= 15 is 0 Å². The Bertz CT molecular complexity index is 1000. The molecule has 0 amide bonds. The van der Waals surface area contributed by atoms with Gasteiger partial charge in [0.05, 0.1) is 12.3 Å². The van der Waals surface area contributed by atoms with Crippen LogP contribution in [-0.2, 0) is 5.41 Å². The Balaban J connectivity index is 1.68. The highest BCUT2D eigenvalue weighted by atomic mass is 16.3. The highest BCUT2D eigenvalue weighted by molar-refractivity contribution is 5.67. The predicted molar refractivity (Wildman–Crippen MR) is 107 cm³/mol. The number of aliphatic hydroxyl groups excluding tert-OH is 1. The van der Waals surface area contributed by atoms with Crippen molar-refractivity contribution in [2.45, 2.75) is 26.2 Å². The third kappa shape index (κ3) is 3.13. The summed E-state index contributed by atoms with van der Waals surface area (Å²) >= 11 is 0. The summed E-state index contributed by atoms with van der Waals surface area (Å²) in [6, 6.07) is 10.1. The standard InChI is InChI=1S/C21H23N5O/c1-13-5-4-6-17(14(13)2)25-20-22-8-7-18(26-20)15-9-16-19(23-10-15)24-11-21(16,3)12-27/h4-10,27H,11-12H2,1-3H3,(H,23,24)(H,22,25,26). The van der Waals surface area contributed by atoms with Crippen LogP contribution >= 0.6 is 0 Å². The molecule has 1 aromatic carbocycles. The average Bonchev–Trinajstić information content (AvgIpc) is 3.03. The fourth-order valence-corrected chi connectivity index (χ4v) is 3.31. The van der Waals surface area contributed by atoms with E-state index in [-0.39, 0.29) is 12.0 Å². The van der Waals surface area contributed by atoms with Gasteiger partial charge in [0.2, 0.25) is 5.95 Å². The molecule has 0 fully saturated rings. The zero-order chi connectivity index (χ0) is 19.0. The Kier molecular flexibility index (Phi) is 4.28. The van der Waals surface area contributed by atoms with Crippen molar-refractivity contribution >= 4 is 17.5 Å². The van der Waals surface area contributed by atoms with Crippen LogP contribution in [0.2, 0.25) is 0 Å². The summed E-state index contributed by atoms with van der Waals surface area (Å²) in [4.78, 5) is 13.5. The summed E-state index contributed by atoms with van der Waals surface area (Å²) in [5.41, 5.74) is 5.78. The molecule has 1 unspecified atom stereocenters. The quantitative estimate of drug-likeness (QED) is 0.659. The Hall–Kier alpha value is -2.99. The number of aromatic nitrogens is 3. The number of fused-ring (bicyclic) bond motifs is 1. The molecule has 0 radical (unpaired) electrons. The zero-order valence-corrected chi connectivity index (χ0v) is 15.7. The number of nitrogens with one attached hydrogen (secondary N) is 2. The Morgan fingerprint density at radius 3 is 2.89 bits per heavy atom. The van der Waals surface area contributed by atoms with Crippen molar-refractivity contribution in [1.29, 1.82) is 0 Å². The summed E-state index contributed by atoms with van der Waals surface area (Å²) in [7, 11) is 0. The van der Waals surface area contributed by atoms with Gasteiger partial charge in [-0.25, -0.2) is 15.0 Å².